The minimum Gasteiger partial charge on any atom is -0.479 e. The molecule has 0 amide bonds. The van der Waals surface area contributed by atoms with Crippen LogP contribution < -0.4 is 5.73 Å². The van der Waals surface area contributed by atoms with Gasteiger partial charge >= 0.3 is 5.97 Å². The number of carboxylic acid groups (broad SMARTS) is 1. The average molecular weight is 470 g/mol. The van der Waals surface area contributed by atoms with Crippen molar-refractivity contribution in [2.24, 2.45) is 12.0 Å². The first kappa shape index (κ1) is 20.9. The maximum atomic E-state index is 13.5. The Hall–Kier alpha value is -2.98. The molecule has 1 atom stereocenters. The molecule has 1 aliphatic heterocycles. The molecule has 0 radical (unpaired) electrons. The normalized spacial score (nSPS) is 18.5. The third-order valence-corrected chi connectivity index (χ3v) is 7.94. The maximum Gasteiger partial charge on any atom is 0.332 e. The number of carbonyl (C=O) groups is 1. The van der Waals surface area contributed by atoms with Gasteiger partial charge in [0.05, 0.1) is 16.1 Å². The molecule has 3 heterocycles. The summed E-state index contributed by atoms with van der Waals surface area (Å²) in [5, 5.41) is 12.4. The third kappa shape index (κ3) is 3.73. The summed E-state index contributed by atoms with van der Waals surface area (Å²) < 4.78 is 15.5. The molecule has 4 N–H and O–H groups in total. The van der Waals surface area contributed by atoms with Crippen LogP contribution >= 0.6 is 23.5 Å². The molecule has 1 aliphatic rings. The lowest BCUT2D eigenvalue weighted by molar-refractivity contribution is -0.142. The summed E-state index contributed by atoms with van der Waals surface area (Å²) in [5.74, 6) is -0.420. The molecule has 0 spiro atoms. The van der Waals surface area contributed by atoms with E-state index in [1.165, 1.54) is 35.7 Å². The highest BCUT2D eigenvalue weighted by molar-refractivity contribution is 8.16. The number of hydrogen-bond donors (Lipinski definition) is 3. The molecule has 4 aromatic rings. The number of benzene rings is 2. The van der Waals surface area contributed by atoms with Crippen molar-refractivity contribution in [3.8, 4) is 0 Å². The fourth-order valence-corrected chi connectivity index (χ4v) is 6.09. The van der Waals surface area contributed by atoms with Crippen molar-refractivity contribution < 1.29 is 14.3 Å². The summed E-state index contributed by atoms with van der Waals surface area (Å²) >= 11 is 2.98. The molecule has 10 heteroatoms. The highest BCUT2D eigenvalue weighted by Gasteiger charge is 2.43. The Labute approximate surface area is 191 Å². The van der Waals surface area contributed by atoms with Gasteiger partial charge in [-0.2, -0.15) is 0 Å². The Kier molecular flexibility index (Phi) is 5.13. The number of halogens is 1. The molecule has 2 aromatic heterocycles. The first-order valence-electron chi connectivity index (χ1n) is 9.90. The molecular weight excluding hydrogens is 449 g/mol. The Bertz CT molecular complexity index is 1400. The fourth-order valence-electron chi connectivity index (χ4n) is 3.88. The van der Waals surface area contributed by atoms with Crippen LogP contribution in [-0.4, -0.2) is 47.7 Å². The van der Waals surface area contributed by atoms with Crippen LogP contribution in [0.2, 0.25) is 0 Å². The fraction of sp³-hybridized carbons (Fsp3) is 0.227. The zero-order chi connectivity index (χ0) is 22.5. The molecule has 0 saturated heterocycles. The highest BCUT2D eigenvalue weighted by Crippen LogP contribution is 2.35. The van der Waals surface area contributed by atoms with Gasteiger partial charge in [0.25, 0.3) is 0 Å². The van der Waals surface area contributed by atoms with Crippen LogP contribution in [0.25, 0.3) is 21.9 Å². The van der Waals surface area contributed by atoms with Crippen LogP contribution in [0.15, 0.2) is 52.6 Å². The van der Waals surface area contributed by atoms with Gasteiger partial charge in [-0.25, -0.2) is 14.2 Å². The van der Waals surface area contributed by atoms with Gasteiger partial charge in [-0.05, 0) is 47.9 Å². The van der Waals surface area contributed by atoms with E-state index in [1.54, 1.807) is 6.07 Å². The molecule has 2 aromatic carbocycles. The van der Waals surface area contributed by atoms with Crippen molar-refractivity contribution in [1.82, 2.24) is 14.5 Å². The van der Waals surface area contributed by atoms with Crippen LogP contribution in [0, 0.1) is 5.82 Å². The number of hydrogen-bond acceptors (Lipinski definition) is 6. The SMILES string of the molecule is Cn1c(SCC2=NC(Cc3cc4ccc(F)cc4[nH]3)(C(=O)O)CS2)nc2cc(N)ccc21. The van der Waals surface area contributed by atoms with Gasteiger partial charge in [-0.1, -0.05) is 11.8 Å². The minimum absolute atomic E-state index is 0.214. The van der Waals surface area contributed by atoms with Crippen molar-refractivity contribution in [2.45, 2.75) is 17.1 Å². The Balaban J connectivity index is 1.36. The van der Waals surface area contributed by atoms with Gasteiger partial charge in [-0.3, -0.25) is 4.99 Å². The number of imidazole rings is 1. The summed E-state index contributed by atoms with van der Waals surface area (Å²) in [5.41, 5.74) is 8.44. The molecule has 7 nitrogen and oxygen atoms in total. The van der Waals surface area contributed by atoms with E-state index in [-0.39, 0.29) is 12.2 Å². The summed E-state index contributed by atoms with van der Waals surface area (Å²) in [6, 6.07) is 11.9. The number of aromatic nitrogens is 3. The number of nitrogens with one attached hydrogen (secondary N) is 1. The molecule has 0 fully saturated rings. The molecule has 0 saturated carbocycles. The molecule has 0 aliphatic carbocycles. The van der Waals surface area contributed by atoms with E-state index >= 15 is 0 Å². The molecule has 164 valence electrons. The van der Waals surface area contributed by atoms with Gasteiger partial charge in [0.2, 0.25) is 0 Å². The monoisotopic (exact) mass is 469 g/mol. The quantitative estimate of drug-likeness (QED) is 0.290. The number of H-pyrrole nitrogens is 1. The van der Waals surface area contributed by atoms with Gasteiger partial charge in [0.15, 0.2) is 10.7 Å². The number of aromatic amines is 1. The predicted molar refractivity (Wildman–Crippen MR) is 128 cm³/mol. The zero-order valence-corrected chi connectivity index (χ0v) is 18.8. The minimum atomic E-state index is -1.25. The van der Waals surface area contributed by atoms with Gasteiger partial charge in [0.1, 0.15) is 5.82 Å². The van der Waals surface area contributed by atoms with E-state index in [0.29, 0.717) is 22.7 Å². The molecular formula is C22H20FN5O2S2. The number of nitrogens with zero attached hydrogens (tertiary/aromatic N) is 3. The number of nitrogens with two attached hydrogens (primary N) is 1. The van der Waals surface area contributed by atoms with E-state index in [0.717, 1.165) is 32.3 Å². The van der Waals surface area contributed by atoms with Crippen molar-refractivity contribution in [3.63, 3.8) is 0 Å². The summed E-state index contributed by atoms with van der Waals surface area (Å²) in [6.07, 6.45) is 0.214. The molecule has 32 heavy (non-hydrogen) atoms. The first-order chi connectivity index (χ1) is 15.3. The van der Waals surface area contributed by atoms with Gasteiger partial charge in [0, 0.05) is 41.9 Å². The lowest BCUT2D eigenvalue weighted by atomic mass is 9.96. The Morgan fingerprint density at radius 2 is 2.19 bits per heavy atom. The van der Waals surface area contributed by atoms with Crippen molar-refractivity contribution in [1.29, 1.82) is 0 Å². The van der Waals surface area contributed by atoms with Crippen molar-refractivity contribution in [3.05, 3.63) is 54.0 Å². The number of aliphatic imine (C=N–C) groups is 1. The highest BCUT2D eigenvalue weighted by atomic mass is 32.2. The largest absolute Gasteiger partial charge is 0.479 e. The van der Waals surface area contributed by atoms with Gasteiger partial charge < -0.3 is 20.4 Å². The van der Waals surface area contributed by atoms with Gasteiger partial charge in [-0.15, -0.1) is 11.8 Å². The zero-order valence-electron chi connectivity index (χ0n) is 17.1. The van der Waals surface area contributed by atoms with Crippen LogP contribution in [-0.2, 0) is 18.3 Å². The standard InChI is InChI=1S/C22H20FN5O2S2/c1-28-18-5-4-14(24)8-17(18)26-21(28)31-10-19-27-22(11-32-19,20(29)30)9-15-6-12-2-3-13(23)7-16(12)25-15/h2-8,25H,9-11,24H2,1H3,(H,29,30). The van der Waals surface area contributed by atoms with Crippen LogP contribution in [0.3, 0.4) is 0 Å². The molecule has 0 bridgehead atoms. The first-order valence-corrected chi connectivity index (χ1v) is 11.9. The van der Waals surface area contributed by atoms with E-state index in [1.807, 2.05) is 35.9 Å². The number of carboxylic acids is 1. The number of fused-ring (bicyclic) bond motifs is 2. The smallest absolute Gasteiger partial charge is 0.332 e. The summed E-state index contributed by atoms with van der Waals surface area (Å²) in [7, 11) is 1.94. The topological polar surface area (TPSA) is 109 Å². The van der Waals surface area contributed by atoms with E-state index in [9.17, 15) is 14.3 Å². The number of nitrogen functional groups attached to an aromatic ring is 1. The van der Waals surface area contributed by atoms with E-state index in [4.69, 9.17) is 5.73 Å². The van der Waals surface area contributed by atoms with Crippen LogP contribution in [0.1, 0.15) is 5.69 Å². The van der Waals surface area contributed by atoms with Crippen LogP contribution in [0.4, 0.5) is 10.1 Å². The summed E-state index contributed by atoms with van der Waals surface area (Å²) in [4.78, 5) is 24.6. The number of anilines is 1. The average Bonchev–Trinajstić information content (AvgIpc) is 3.42. The second kappa shape index (κ2) is 7.86. The predicted octanol–water partition coefficient (Wildman–Crippen LogP) is 4.08. The number of aryl methyl sites for hydroxylation is 1. The lowest BCUT2D eigenvalue weighted by Crippen LogP contribution is -2.39. The number of thioether (sulfide) groups is 2. The van der Waals surface area contributed by atoms with Crippen LogP contribution in [0.5, 0.6) is 0 Å². The Morgan fingerprint density at radius 3 is 3.00 bits per heavy atom. The Morgan fingerprint density at radius 1 is 1.34 bits per heavy atom. The second-order valence-electron chi connectivity index (χ2n) is 7.82. The summed E-state index contributed by atoms with van der Waals surface area (Å²) in [6.45, 7) is 0. The molecule has 5 rings (SSSR count). The van der Waals surface area contributed by atoms with Crippen molar-refractivity contribution >= 4 is 62.2 Å². The lowest BCUT2D eigenvalue weighted by Gasteiger charge is -2.19. The van der Waals surface area contributed by atoms with E-state index in [2.05, 4.69) is 15.0 Å². The number of aliphatic carboxylic acids is 1. The maximum absolute atomic E-state index is 13.5. The number of rotatable bonds is 6. The van der Waals surface area contributed by atoms with Crippen molar-refractivity contribution in [2.75, 3.05) is 17.2 Å². The molecule has 1 unspecified atom stereocenters. The van der Waals surface area contributed by atoms with E-state index < -0.39 is 11.5 Å². The second-order valence-corrected chi connectivity index (χ2v) is 9.82. The third-order valence-electron chi connectivity index (χ3n) is 5.53.